The summed E-state index contributed by atoms with van der Waals surface area (Å²) >= 11 is 0. The second kappa shape index (κ2) is 9.47. The van der Waals surface area contributed by atoms with E-state index < -0.39 is 22.8 Å². The van der Waals surface area contributed by atoms with Gasteiger partial charge in [-0.2, -0.15) is 0 Å². The summed E-state index contributed by atoms with van der Waals surface area (Å²) in [6.45, 7) is 3.46. The number of nitrogens with zero attached hydrogens (tertiary/aromatic N) is 2. The van der Waals surface area contributed by atoms with Crippen LogP contribution in [0.25, 0.3) is 0 Å². The Bertz CT molecular complexity index is 1120. The Kier molecular flexibility index (Phi) is 6.73. The number of rotatable bonds is 6. The van der Waals surface area contributed by atoms with Crippen LogP contribution in [0.1, 0.15) is 30.9 Å². The average molecular weight is 436 g/mol. The topological polar surface area (TPSA) is 99.0 Å². The first kappa shape index (κ1) is 22.7. The second-order valence-electron chi connectivity index (χ2n) is 7.36. The highest BCUT2D eigenvalue weighted by Gasteiger charge is 2.42. The van der Waals surface area contributed by atoms with Crippen LogP contribution < -0.4 is 0 Å². The molecule has 2 aromatic carbocycles. The number of para-hydroxylation sites is 1. The van der Waals surface area contributed by atoms with Crippen LogP contribution in [0.3, 0.4) is 0 Å². The molecule has 1 atom stereocenters. The van der Waals surface area contributed by atoms with E-state index in [4.69, 9.17) is 9.47 Å². The molecule has 166 valence electrons. The normalized spacial score (nSPS) is 16.1. The lowest BCUT2D eigenvalue weighted by atomic mass is 9.79. The predicted molar refractivity (Wildman–Crippen MR) is 117 cm³/mol. The summed E-state index contributed by atoms with van der Waals surface area (Å²) in [6, 6.07) is 15.2. The molecule has 1 aliphatic rings. The van der Waals surface area contributed by atoms with Gasteiger partial charge in [0, 0.05) is 30.1 Å². The fourth-order valence-corrected chi connectivity index (χ4v) is 3.83. The molecule has 2 aromatic rings. The number of benzene rings is 2. The molecule has 0 amide bonds. The Hall–Kier alpha value is -3.94. The molecule has 3 rings (SSSR count). The van der Waals surface area contributed by atoms with E-state index in [1.807, 2.05) is 30.3 Å². The largest absolute Gasteiger partial charge is 0.466 e. The lowest BCUT2D eigenvalue weighted by Gasteiger charge is -2.35. The summed E-state index contributed by atoms with van der Waals surface area (Å²) in [5.41, 5.74) is 2.21. The third-order valence-corrected chi connectivity index (χ3v) is 5.65. The Balaban J connectivity index is 2.15. The number of carbonyl (C=O) groups is 2. The summed E-state index contributed by atoms with van der Waals surface area (Å²) in [5, 5.41) is 11.8. The number of methoxy groups -OCH3 is 1. The van der Waals surface area contributed by atoms with Crippen molar-refractivity contribution in [2.45, 2.75) is 26.4 Å². The molecule has 8 nitrogen and oxygen atoms in total. The van der Waals surface area contributed by atoms with Crippen molar-refractivity contribution in [1.82, 2.24) is 4.90 Å². The number of ether oxygens (including phenoxy) is 2. The average Bonchev–Trinajstić information content (AvgIpc) is 2.81. The van der Waals surface area contributed by atoms with Crippen molar-refractivity contribution >= 4 is 17.6 Å². The lowest BCUT2D eigenvalue weighted by Crippen LogP contribution is -2.33. The third-order valence-electron chi connectivity index (χ3n) is 5.65. The van der Waals surface area contributed by atoms with E-state index in [9.17, 15) is 19.7 Å². The molecule has 0 fully saturated rings. The maximum atomic E-state index is 13.3. The van der Waals surface area contributed by atoms with Crippen molar-refractivity contribution in [2.75, 3.05) is 14.2 Å². The maximum absolute atomic E-state index is 13.3. The molecule has 0 saturated heterocycles. The van der Waals surface area contributed by atoms with Crippen molar-refractivity contribution in [1.29, 1.82) is 0 Å². The van der Waals surface area contributed by atoms with Crippen LogP contribution in [-0.4, -0.2) is 35.9 Å². The van der Waals surface area contributed by atoms with Gasteiger partial charge in [-0.15, -0.1) is 0 Å². The SMILES string of the molecule is COC(=O)C1=C(C)N(C)C(C)=C(C(=O)OCc2ccccc2)C1c1ccccc1[N+](=O)[O-]. The molecule has 0 aromatic heterocycles. The first-order valence-electron chi connectivity index (χ1n) is 9.95. The van der Waals surface area contributed by atoms with Gasteiger partial charge in [0.25, 0.3) is 5.69 Å². The van der Waals surface area contributed by atoms with E-state index in [0.717, 1.165) is 5.56 Å². The van der Waals surface area contributed by atoms with Crippen LogP contribution in [0.4, 0.5) is 5.69 Å². The van der Waals surface area contributed by atoms with E-state index in [2.05, 4.69) is 0 Å². The number of carbonyl (C=O) groups excluding carboxylic acids is 2. The van der Waals surface area contributed by atoms with Gasteiger partial charge in [-0.05, 0) is 19.4 Å². The summed E-state index contributed by atoms with van der Waals surface area (Å²) in [7, 11) is 2.95. The van der Waals surface area contributed by atoms with E-state index >= 15 is 0 Å². The van der Waals surface area contributed by atoms with Gasteiger partial charge in [0.05, 0.1) is 29.1 Å². The molecular weight excluding hydrogens is 412 g/mol. The van der Waals surface area contributed by atoms with Crippen LogP contribution in [0.5, 0.6) is 0 Å². The van der Waals surface area contributed by atoms with Gasteiger partial charge < -0.3 is 14.4 Å². The second-order valence-corrected chi connectivity index (χ2v) is 7.36. The minimum atomic E-state index is -1.01. The van der Waals surface area contributed by atoms with Crippen molar-refractivity contribution in [3.8, 4) is 0 Å². The summed E-state index contributed by atoms with van der Waals surface area (Å²) in [4.78, 5) is 39.0. The smallest absolute Gasteiger partial charge is 0.337 e. The quantitative estimate of drug-likeness (QED) is 0.382. The van der Waals surface area contributed by atoms with E-state index in [1.54, 1.807) is 37.9 Å². The zero-order chi connectivity index (χ0) is 23.4. The first-order chi connectivity index (χ1) is 15.3. The van der Waals surface area contributed by atoms with Crippen LogP contribution in [0.2, 0.25) is 0 Å². The maximum Gasteiger partial charge on any atom is 0.337 e. The predicted octanol–water partition coefficient (Wildman–Crippen LogP) is 4.09. The highest BCUT2D eigenvalue weighted by Crippen LogP contribution is 2.44. The Labute approximate surface area is 185 Å². The van der Waals surface area contributed by atoms with Gasteiger partial charge in [-0.25, -0.2) is 9.59 Å². The molecule has 1 aliphatic heterocycles. The van der Waals surface area contributed by atoms with Gasteiger partial charge in [0.2, 0.25) is 0 Å². The Morgan fingerprint density at radius 3 is 2.12 bits per heavy atom. The number of hydrogen-bond acceptors (Lipinski definition) is 7. The van der Waals surface area contributed by atoms with Gasteiger partial charge in [-0.1, -0.05) is 48.5 Å². The highest BCUT2D eigenvalue weighted by atomic mass is 16.6. The molecule has 0 aliphatic carbocycles. The van der Waals surface area contributed by atoms with Crippen molar-refractivity contribution in [3.05, 3.63) is 98.4 Å². The molecule has 0 bridgehead atoms. The molecule has 0 radical (unpaired) electrons. The summed E-state index contributed by atoms with van der Waals surface area (Å²) < 4.78 is 10.6. The van der Waals surface area contributed by atoms with Gasteiger partial charge in [0.15, 0.2) is 0 Å². The number of nitro groups is 1. The molecule has 32 heavy (non-hydrogen) atoms. The number of esters is 2. The Morgan fingerprint density at radius 2 is 1.53 bits per heavy atom. The van der Waals surface area contributed by atoms with Crippen molar-refractivity contribution < 1.29 is 24.0 Å². The van der Waals surface area contributed by atoms with E-state index in [0.29, 0.717) is 11.4 Å². The molecule has 0 N–H and O–H groups in total. The zero-order valence-corrected chi connectivity index (χ0v) is 18.3. The number of allylic oxidation sites excluding steroid dienone is 2. The summed E-state index contributed by atoms with van der Waals surface area (Å²) in [6.07, 6.45) is 0. The molecular formula is C24H24N2O6. The van der Waals surface area contributed by atoms with Crippen LogP contribution in [0.15, 0.2) is 77.1 Å². The van der Waals surface area contributed by atoms with Gasteiger partial charge >= 0.3 is 11.9 Å². The number of hydrogen-bond donors (Lipinski definition) is 0. The Morgan fingerprint density at radius 1 is 0.969 bits per heavy atom. The lowest BCUT2D eigenvalue weighted by molar-refractivity contribution is -0.385. The van der Waals surface area contributed by atoms with Crippen molar-refractivity contribution in [2.24, 2.45) is 0 Å². The van der Waals surface area contributed by atoms with E-state index in [-0.39, 0.29) is 29.0 Å². The standard InChI is InChI=1S/C24H24N2O6/c1-15-20(23(27)31-4)22(18-12-8-9-13-19(18)26(29)30)21(16(2)25(15)3)24(28)32-14-17-10-6-5-7-11-17/h5-13,22H,14H2,1-4H3. The van der Waals surface area contributed by atoms with Crippen LogP contribution in [0, 0.1) is 10.1 Å². The number of nitro benzene ring substituents is 1. The van der Waals surface area contributed by atoms with Crippen LogP contribution in [-0.2, 0) is 25.7 Å². The van der Waals surface area contributed by atoms with Gasteiger partial charge in [0.1, 0.15) is 6.61 Å². The molecule has 1 unspecified atom stereocenters. The molecule has 0 spiro atoms. The fraction of sp³-hybridized carbons (Fsp3) is 0.250. The van der Waals surface area contributed by atoms with E-state index in [1.165, 1.54) is 19.2 Å². The fourth-order valence-electron chi connectivity index (χ4n) is 3.83. The van der Waals surface area contributed by atoms with Crippen LogP contribution >= 0.6 is 0 Å². The van der Waals surface area contributed by atoms with Gasteiger partial charge in [-0.3, -0.25) is 10.1 Å². The minimum absolute atomic E-state index is 0.0278. The molecule has 1 heterocycles. The highest BCUT2D eigenvalue weighted by molar-refractivity contribution is 6.00. The van der Waals surface area contributed by atoms with Crippen molar-refractivity contribution in [3.63, 3.8) is 0 Å². The minimum Gasteiger partial charge on any atom is -0.466 e. The molecule has 8 heteroatoms. The third kappa shape index (κ3) is 4.25. The monoisotopic (exact) mass is 436 g/mol. The molecule has 0 saturated carbocycles. The summed E-state index contributed by atoms with van der Waals surface area (Å²) in [5.74, 6) is -2.34. The first-order valence-corrected chi connectivity index (χ1v) is 9.95. The zero-order valence-electron chi connectivity index (χ0n) is 18.3.